The largest absolute Gasteiger partial charge is 0.480 e. The second-order valence-corrected chi connectivity index (χ2v) is 3.69. The predicted octanol–water partition coefficient (Wildman–Crippen LogP) is 1.34. The van der Waals surface area contributed by atoms with Crippen LogP contribution < -0.4 is 5.32 Å². The van der Waals surface area contributed by atoms with E-state index in [4.69, 9.17) is 5.11 Å². The van der Waals surface area contributed by atoms with E-state index < -0.39 is 12.0 Å². The quantitative estimate of drug-likeness (QED) is 0.659. The highest BCUT2D eigenvalue weighted by Gasteiger charge is 2.12. The van der Waals surface area contributed by atoms with E-state index in [1.165, 1.54) is 0 Å². The number of carboxylic acids is 1. The lowest BCUT2D eigenvalue weighted by Crippen LogP contribution is -2.37. The maximum atomic E-state index is 10.4. The summed E-state index contributed by atoms with van der Waals surface area (Å²) in [4.78, 5) is 10.4. The number of nitrogens with one attached hydrogen (secondary N) is 1. The van der Waals surface area contributed by atoms with Gasteiger partial charge in [0.1, 0.15) is 6.04 Å². The van der Waals surface area contributed by atoms with E-state index in [0.717, 1.165) is 6.54 Å². The van der Waals surface area contributed by atoms with E-state index in [2.05, 4.69) is 26.1 Å². The molecule has 0 aliphatic rings. The highest BCUT2D eigenvalue weighted by molar-refractivity contribution is 5.72. The van der Waals surface area contributed by atoms with Crippen LogP contribution in [0.5, 0.6) is 0 Å². The summed E-state index contributed by atoms with van der Waals surface area (Å²) < 4.78 is 0. The molecule has 0 spiro atoms. The molecule has 3 heteroatoms. The van der Waals surface area contributed by atoms with Crippen molar-refractivity contribution in [2.75, 3.05) is 6.54 Å². The van der Waals surface area contributed by atoms with Crippen LogP contribution in [-0.2, 0) is 4.79 Å². The number of carboxylic acid groups (broad SMARTS) is 1. The van der Waals surface area contributed by atoms with Gasteiger partial charge < -0.3 is 10.4 Å². The second-order valence-electron chi connectivity index (χ2n) is 3.69. The standard InChI is InChI=1S/C9H19NO2/c1-6(2)7(3)5-10-8(4)9(11)12/h6-8,10H,5H2,1-4H3,(H,11,12). The first-order valence-electron chi connectivity index (χ1n) is 4.41. The Kier molecular flexibility index (Phi) is 4.90. The highest BCUT2D eigenvalue weighted by Crippen LogP contribution is 2.07. The van der Waals surface area contributed by atoms with Crippen molar-refractivity contribution in [3.8, 4) is 0 Å². The zero-order valence-corrected chi connectivity index (χ0v) is 8.29. The summed E-state index contributed by atoms with van der Waals surface area (Å²) in [5.41, 5.74) is 0. The number of hydrogen-bond donors (Lipinski definition) is 2. The first-order chi connectivity index (χ1) is 5.45. The van der Waals surface area contributed by atoms with Gasteiger partial charge in [0, 0.05) is 0 Å². The van der Waals surface area contributed by atoms with Crippen LogP contribution in [0.2, 0.25) is 0 Å². The summed E-state index contributed by atoms with van der Waals surface area (Å²) in [6, 6.07) is -0.439. The Morgan fingerprint density at radius 3 is 2.17 bits per heavy atom. The maximum absolute atomic E-state index is 10.4. The smallest absolute Gasteiger partial charge is 0.320 e. The van der Waals surface area contributed by atoms with Crippen LogP contribution in [0.4, 0.5) is 0 Å². The van der Waals surface area contributed by atoms with E-state index in [1.807, 2.05) is 0 Å². The molecule has 12 heavy (non-hydrogen) atoms. The van der Waals surface area contributed by atoms with Gasteiger partial charge in [-0.25, -0.2) is 0 Å². The Morgan fingerprint density at radius 1 is 1.33 bits per heavy atom. The van der Waals surface area contributed by atoms with Crippen LogP contribution in [-0.4, -0.2) is 23.7 Å². The van der Waals surface area contributed by atoms with Gasteiger partial charge in [-0.15, -0.1) is 0 Å². The fourth-order valence-corrected chi connectivity index (χ4v) is 0.686. The van der Waals surface area contributed by atoms with Crippen LogP contribution in [0, 0.1) is 11.8 Å². The van der Waals surface area contributed by atoms with Crippen LogP contribution >= 0.6 is 0 Å². The molecule has 0 bridgehead atoms. The maximum Gasteiger partial charge on any atom is 0.320 e. The average Bonchev–Trinajstić information content (AvgIpc) is 1.98. The molecule has 0 heterocycles. The molecule has 72 valence electrons. The zero-order valence-electron chi connectivity index (χ0n) is 8.29. The van der Waals surface area contributed by atoms with Crippen LogP contribution in [0.15, 0.2) is 0 Å². The van der Waals surface area contributed by atoms with Crippen molar-refractivity contribution in [3.05, 3.63) is 0 Å². The SMILES string of the molecule is CC(NCC(C)C(C)C)C(=O)O. The van der Waals surface area contributed by atoms with Crippen molar-refractivity contribution in [3.63, 3.8) is 0 Å². The monoisotopic (exact) mass is 173 g/mol. The minimum atomic E-state index is -0.786. The Labute approximate surface area is 74.2 Å². The van der Waals surface area contributed by atoms with E-state index >= 15 is 0 Å². The Bertz CT molecular complexity index is 145. The van der Waals surface area contributed by atoms with Gasteiger partial charge in [-0.3, -0.25) is 4.79 Å². The van der Waals surface area contributed by atoms with Gasteiger partial charge in [-0.05, 0) is 25.3 Å². The van der Waals surface area contributed by atoms with Crippen molar-refractivity contribution in [1.82, 2.24) is 5.32 Å². The zero-order chi connectivity index (χ0) is 9.72. The van der Waals surface area contributed by atoms with Gasteiger partial charge in [0.15, 0.2) is 0 Å². The molecule has 2 unspecified atom stereocenters. The van der Waals surface area contributed by atoms with E-state index in [1.54, 1.807) is 6.92 Å². The Hall–Kier alpha value is -0.570. The number of aliphatic carboxylic acids is 1. The molecule has 3 nitrogen and oxygen atoms in total. The summed E-state index contributed by atoms with van der Waals surface area (Å²) in [7, 11) is 0. The first-order valence-corrected chi connectivity index (χ1v) is 4.41. The number of carbonyl (C=O) groups is 1. The van der Waals surface area contributed by atoms with Crippen LogP contribution in [0.1, 0.15) is 27.7 Å². The van der Waals surface area contributed by atoms with Gasteiger partial charge in [0.05, 0.1) is 0 Å². The molecule has 0 aromatic rings. The second kappa shape index (κ2) is 5.14. The number of hydrogen-bond acceptors (Lipinski definition) is 2. The topological polar surface area (TPSA) is 49.3 Å². The molecule has 0 rings (SSSR count). The number of rotatable bonds is 5. The summed E-state index contributed by atoms with van der Waals surface area (Å²) in [6.45, 7) is 8.82. The fraction of sp³-hybridized carbons (Fsp3) is 0.889. The van der Waals surface area contributed by atoms with Crippen molar-refractivity contribution >= 4 is 5.97 Å². The molecule has 2 atom stereocenters. The Morgan fingerprint density at radius 2 is 1.83 bits per heavy atom. The minimum Gasteiger partial charge on any atom is -0.480 e. The summed E-state index contributed by atoms with van der Waals surface area (Å²) >= 11 is 0. The van der Waals surface area contributed by atoms with Crippen LogP contribution in [0.3, 0.4) is 0 Å². The molecule has 2 N–H and O–H groups in total. The van der Waals surface area contributed by atoms with Gasteiger partial charge in [-0.2, -0.15) is 0 Å². The minimum absolute atomic E-state index is 0.439. The van der Waals surface area contributed by atoms with Crippen molar-refractivity contribution in [1.29, 1.82) is 0 Å². The molecular formula is C9H19NO2. The molecule has 0 aromatic heterocycles. The fourth-order valence-electron chi connectivity index (χ4n) is 0.686. The molecule has 0 aliphatic heterocycles. The van der Waals surface area contributed by atoms with Crippen molar-refractivity contribution in [2.24, 2.45) is 11.8 Å². The third kappa shape index (κ3) is 4.34. The third-order valence-corrected chi connectivity index (χ3v) is 2.25. The lowest BCUT2D eigenvalue weighted by Gasteiger charge is -2.17. The average molecular weight is 173 g/mol. The molecule has 0 aromatic carbocycles. The summed E-state index contributed by atoms with van der Waals surface area (Å²) in [5, 5.41) is 11.5. The van der Waals surface area contributed by atoms with Gasteiger partial charge in [0.2, 0.25) is 0 Å². The predicted molar refractivity (Wildman–Crippen MR) is 49.1 cm³/mol. The van der Waals surface area contributed by atoms with E-state index in [9.17, 15) is 4.79 Å². The molecule has 0 radical (unpaired) electrons. The summed E-state index contributed by atoms with van der Waals surface area (Å²) in [5.74, 6) is 0.330. The van der Waals surface area contributed by atoms with Crippen LogP contribution in [0.25, 0.3) is 0 Å². The molecule has 0 aliphatic carbocycles. The Balaban J connectivity index is 3.61. The van der Waals surface area contributed by atoms with E-state index in [-0.39, 0.29) is 0 Å². The normalized spacial score (nSPS) is 16.1. The first kappa shape index (κ1) is 11.4. The summed E-state index contributed by atoms with van der Waals surface area (Å²) in [6.07, 6.45) is 0. The van der Waals surface area contributed by atoms with Gasteiger partial charge >= 0.3 is 5.97 Å². The van der Waals surface area contributed by atoms with E-state index in [0.29, 0.717) is 11.8 Å². The van der Waals surface area contributed by atoms with Gasteiger partial charge in [0.25, 0.3) is 0 Å². The molecule has 0 saturated carbocycles. The molecule has 0 fully saturated rings. The molecule has 0 saturated heterocycles. The van der Waals surface area contributed by atoms with Gasteiger partial charge in [-0.1, -0.05) is 20.8 Å². The van der Waals surface area contributed by atoms with Crippen molar-refractivity contribution < 1.29 is 9.90 Å². The highest BCUT2D eigenvalue weighted by atomic mass is 16.4. The van der Waals surface area contributed by atoms with Crippen molar-refractivity contribution in [2.45, 2.75) is 33.7 Å². The lowest BCUT2D eigenvalue weighted by molar-refractivity contribution is -0.139. The lowest BCUT2D eigenvalue weighted by atomic mass is 9.98. The molecule has 0 amide bonds. The molecular weight excluding hydrogens is 154 g/mol. The third-order valence-electron chi connectivity index (χ3n) is 2.25.